The lowest BCUT2D eigenvalue weighted by atomic mass is 9.91. The van der Waals surface area contributed by atoms with Gasteiger partial charge in [-0.25, -0.2) is 0 Å². The molecule has 1 saturated carbocycles. The molecule has 0 heterocycles. The molecule has 0 aromatic carbocycles. The zero-order valence-corrected chi connectivity index (χ0v) is 9.67. The molecule has 90 valence electrons. The van der Waals surface area contributed by atoms with Crippen molar-refractivity contribution in [1.82, 2.24) is 0 Å². The highest BCUT2D eigenvalue weighted by Crippen LogP contribution is 2.31. The molecule has 1 rings (SSSR count). The molecule has 8 heteroatoms. The van der Waals surface area contributed by atoms with Crippen molar-refractivity contribution >= 4 is 20.2 Å². The highest BCUT2D eigenvalue weighted by molar-refractivity contribution is 8.04. The first kappa shape index (κ1) is 12.9. The minimum Gasteiger partial charge on any atom is -0.284 e. The van der Waals surface area contributed by atoms with Crippen LogP contribution in [0.4, 0.5) is 0 Å². The van der Waals surface area contributed by atoms with E-state index in [4.69, 9.17) is 9.11 Å². The van der Waals surface area contributed by atoms with E-state index in [0.717, 1.165) is 6.42 Å². The topological polar surface area (TPSA) is 109 Å². The van der Waals surface area contributed by atoms with Crippen LogP contribution >= 0.6 is 0 Å². The van der Waals surface area contributed by atoms with Gasteiger partial charge in [0.15, 0.2) is 0 Å². The van der Waals surface area contributed by atoms with E-state index < -0.39 is 30.7 Å². The number of rotatable bonds is 3. The lowest BCUT2D eigenvalue weighted by Crippen LogP contribution is -2.37. The van der Waals surface area contributed by atoms with Gasteiger partial charge in [0, 0.05) is 0 Å². The van der Waals surface area contributed by atoms with Gasteiger partial charge in [0.1, 0.15) is 0 Å². The molecule has 1 fully saturated rings. The maximum absolute atomic E-state index is 10.9. The summed E-state index contributed by atoms with van der Waals surface area (Å²) < 4.78 is 59.1. The van der Waals surface area contributed by atoms with Gasteiger partial charge in [-0.3, -0.25) is 9.11 Å². The van der Waals surface area contributed by atoms with Crippen LogP contribution in [-0.2, 0) is 20.2 Å². The van der Waals surface area contributed by atoms with Gasteiger partial charge < -0.3 is 0 Å². The van der Waals surface area contributed by atoms with Crippen molar-refractivity contribution in [2.75, 3.05) is 0 Å². The molecule has 0 amide bonds. The van der Waals surface area contributed by atoms with E-state index in [2.05, 4.69) is 0 Å². The van der Waals surface area contributed by atoms with Crippen LogP contribution in [0.1, 0.15) is 32.1 Å². The maximum atomic E-state index is 10.9. The summed E-state index contributed by atoms with van der Waals surface area (Å²) in [5, 5.41) is 0. The van der Waals surface area contributed by atoms with Gasteiger partial charge in [-0.15, -0.1) is 0 Å². The Labute approximate surface area is 89.2 Å². The van der Waals surface area contributed by atoms with E-state index in [-0.39, 0.29) is 0 Å². The Kier molecular flexibility index (Phi) is 3.75. The first-order chi connectivity index (χ1) is 6.73. The molecule has 0 aliphatic heterocycles. The maximum Gasteiger partial charge on any atom is 0.285 e. The van der Waals surface area contributed by atoms with Gasteiger partial charge in [-0.1, -0.05) is 19.3 Å². The molecule has 0 aromatic heterocycles. The monoisotopic (exact) mass is 258 g/mol. The lowest BCUT2D eigenvalue weighted by molar-refractivity contribution is 0.344. The molecule has 1 aliphatic carbocycles. The molecule has 0 bridgehead atoms. The summed E-state index contributed by atoms with van der Waals surface area (Å²) in [6.07, 6.45) is 3.13. The summed E-state index contributed by atoms with van der Waals surface area (Å²) >= 11 is 0. The standard InChI is InChI=1S/C7H14O6S2/c8-14(9,10)7(15(11,12)13)6-4-2-1-3-5-6/h6-7H,1-5H2,(H,8,9,10)(H,11,12,13). The fraction of sp³-hybridized carbons (Fsp3) is 1.00. The molecule has 0 spiro atoms. The highest BCUT2D eigenvalue weighted by atomic mass is 32.3. The Morgan fingerprint density at radius 2 is 1.27 bits per heavy atom. The molecule has 0 radical (unpaired) electrons. The van der Waals surface area contributed by atoms with Gasteiger partial charge in [-0.05, 0) is 18.8 Å². The summed E-state index contributed by atoms with van der Waals surface area (Å²) in [5.41, 5.74) is 0. The normalized spacial score (nSPS) is 20.7. The third kappa shape index (κ3) is 3.40. The SMILES string of the molecule is O=S(=O)(O)C(C1CCCCC1)S(=O)(=O)O. The molecule has 6 nitrogen and oxygen atoms in total. The summed E-state index contributed by atoms with van der Waals surface area (Å²) in [4.78, 5) is 0. The van der Waals surface area contributed by atoms with E-state index in [1.54, 1.807) is 0 Å². The molecule has 0 aromatic rings. The zero-order valence-electron chi connectivity index (χ0n) is 8.03. The second-order valence-electron chi connectivity index (χ2n) is 3.80. The summed E-state index contributed by atoms with van der Waals surface area (Å²) in [7, 11) is -9.52. The minimum absolute atomic E-state index is 0.393. The van der Waals surface area contributed by atoms with Crippen LogP contribution in [0.5, 0.6) is 0 Å². The van der Waals surface area contributed by atoms with Crippen LogP contribution in [0.2, 0.25) is 0 Å². The largest absolute Gasteiger partial charge is 0.285 e. The van der Waals surface area contributed by atoms with Crippen LogP contribution in [0.25, 0.3) is 0 Å². The van der Waals surface area contributed by atoms with Gasteiger partial charge >= 0.3 is 0 Å². The quantitative estimate of drug-likeness (QED) is 0.720. The molecular weight excluding hydrogens is 244 g/mol. The van der Waals surface area contributed by atoms with E-state index in [0.29, 0.717) is 25.7 Å². The van der Waals surface area contributed by atoms with E-state index in [9.17, 15) is 16.8 Å². The Hall–Kier alpha value is -0.180. The predicted molar refractivity (Wildman–Crippen MR) is 53.5 cm³/mol. The molecule has 15 heavy (non-hydrogen) atoms. The van der Waals surface area contributed by atoms with Crippen molar-refractivity contribution in [3.63, 3.8) is 0 Å². The van der Waals surface area contributed by atoms with Crippen LogP contribution in [0.15, 0.2) is 0 Å². The summed E-state index contributed by atoms with van der Waals surface area (Å²) in [5.74, 6) is -0.705. The number of hydrogen-bond donors (Lipinski definition) is 2. The summed E-state index contributed by atoms with van der Waals surface area (Å²) in [6.45, 7) is 0. The van der Waals surface area contributed by atoms with Gasteiger partial charge in [-0.2, -0.15) is 16.8 Å². The third-order valence-corrected chi connectivity index (χ3v) is 6.03. The fourth-order valence-electron chi connectivity index (χ4n) is 2.05. The van der Waals surface area contributed by atoms with Crippen LogP contribution in [0.3, 0.4) is 0 Å². The highest BCUT2D eigenvalue weighted by Gasteiger charge is 2.42. The predicted octanol–water partition coefficient (Wildman–Crippen LogP) is 0.668. The van der Waals surface area contributed by atoms with Crippen molar-refractivity contribution in [2.45, 2.75) is 36.7 Å². The average Bonchev–Trinajstić information content (AvgIpc) is 2.00. The Morgan fingerprint density at radius 1 is 0.867 bits per heavy atom. The van der Waals surface area contributed by atoms with Gasteiger partial charge in [0.25, 0.3) is 20.2 Å². The molecule has 2 N–H and O–H groups in total. The molecule has 0 unspecified atom stereocenters. The number of hydrogen-bond acceptors (Lipinski definition) is 4. The third-order valence-electron chi connectivity index (χ3n) is 2.62. The Balaban J connectivity index is 3.01. The summed E-state index contributed by atoms with van der Waals surface area (Å²) in [6, 6.07) is 0. The van der Waals surface area contributed by atoms with Crippen molar-refractivity contribution in [3.05, 3.63) is 0 Å². The van der Waals surface area contributed by atoms with Crippen molar-refractivity contribution < 1.29 is 25.9 Å². The van der Waals surface area contributed by atoms with E-state index >= 15 is 0 Å². The fourth-order valence-corrected chi connectivity index (χ4v) is 4.79. The van der Waals surface area contributed by atoms with E-state index in [1.165, 1.54) is 0 Å². The lowest BCUT2D eigenvalue weighted by Gasteiger charge is -2.25. The van der Waals surface area contributed by atoms with Crippen LogP contribution < -0.4 is 0 Å². The van der Waals surface area contributed by atoms with E-state index in [1.807, 2.05) is 0 Å². The van der Waals surface area contributed by atoms with Crippen molar-refractivity contribution in [3.8, 4) is 0 Å². The van der Waals surface area contributed by atoms with Gasteiger partial charge in [0.2, 0.25) is 4.58 Å². The van der Waals surface area contributed by atoms with Crippen molar-refractivity contribution in [2.24, 2.45) is 5.92 Å². The first-order valence-electron chi connectivity index (χ1n) is 4.65. The first-order valence-corrected chi connectivity index (χ1v) is 7.66. The molecule has 1 aliphatic rings. The Bertz CT molecular complexity index is 371. The van der Waals surface area contributed by atoms with Gasteiger partial charge in [0.05, 0.1) is 0 Å². The second-order valence-corrected chi connectivity index (χ2v) is 7.17. The van der Waals surface area contributed by atoms with Crippen LogP contribution in [-0.4, -0.2) is 30.5 Å². The average molecular weight is 258 g/mol. The zero-order chi connectivity index (χ0) is 11.7. The second kappa shape index (κ2) is 4.36. The Morgan fingerprint density at radius 3 is 1.60 bits per heavy atom. The van der Waals surface area contributed by atoms with Crippen LogP contribution in [0, 0.1) is 5.92 Å². The smallest absolute Gasteiger partial charge is 0.284 e. The molecule has 0 saturated heterocycles. The van der Waals surface area contributed by atoms with Crippen molar-refractivity contribution in [1.29, 1.82) is 0 Å². The minimum atomic E-state index is -4.76. The molecular formula is C7H14O6S2. The molecule has 0 atom stereocenters.